The number of nitrogens with two attached hydrogens (primary N) is 6. The van der Waals surface area contributed by atoms with Crippen LogP contribution in [0.1, 0.15) is 94.4 Å². The average molecular weight is 1220 g/mol. The molecular formula is C61H82N16O11. The van der Waals surface area contributed by atoms with E-state index in [1.807, 2.05) is 50.2 Å². The van der Waals surface area contributed by atoms with Crippen molar-refractivity contribution in [3.05, 3.63) is 113 Å². The molecule has 27 heteroatoms. The highest BCUT2D eigenvalue weighted by molar-refractivity contribution is 5.99. The number of aromatic hydroxyl groups is 1. The number of nitrogens with zero attached hydrogens (tertiary/aromatic N) is 4. The number of hydrogen-bond donors (Lipinski definition) is 13. The maximum atomic E-state index is 15.1. The number of guanidine groups is 2. The smallest absolute Gasteiger partial charge is 0.245 e. The highest BCUT2D eigenvalue weighted by atomic mass is 16.3. The third-order valence-corrected chi connectivity index (χ3v) is 15.2. The Kier molecular flexibility index (Phi) is 24.5. The van der Waals surface area contributed by atoms with E-state index >= 15 is 4.79 Å². The number of phenolic OH excluding ortho intramolecular Hbond substituents is 1. The first-order chi connectivity index (χ1) is 41.9. The second-order valence-electron chi connectivity index (χ2n) is 22.6. The molecule has 4 aromatic rings. The van der Waals surface area contributed by atoms with Crippen molar-refractivity contribution in [3.63, 3.8) is 0 Å². The molecule has 0 bridgehead atoms. The van der Waals surface area contributed by atoms with Gasteiger partial charge in [-0.25, -0.2) is 0 Å². The normalized spacial score (nSPS) is 16.5. The van der Waals surface area contributed by atoms with Gasteiger partial charge in [-0.05, 0) is 96.0 Å². The Bertz CT molecular complexity index is 3240. The lowest BCUT2D eigenvalue weighted by Gasteiger charge is -2.36. The van der Waals surface area contributed by atoms with Crippen molar-refractivity contribution in [1.29, 1.82) is 0 Å². The number of hydrogen-bond acceptors (Lipinski definition) is 13. The van der Waals surface area contributed by atoms with E-state index < -0.39 is 114 Å². The summed E-state index contributed by atoms with van der Waals surface area (Å²) in [6.45, 7) is 5.19. The van der Waals surface area contributed by atoms with Crippen molar-refractivity contribution in [1.82, 2.24) is 41.7 Å². The van der Waals surface area contributed by atoms with Gasteiger partial charge in [0.1, 0.15) is 54.1 Å². The van der Waals surface area contributed by atoms with E-state index in [1.54, 1.807) is 42.5 Å². The van der Waals surface area contributed by atoms with Gasteiger partial charge >= 0.3 is 0 Å². The van der Waals surface area contributed by atoms with Crippen molar-refractivity contribution >= 4 is 81.8 Å². The maximum Gasteiger partial charge on any atom is 0.245 e. The van der Waals surface area contributed by atoms with Gasteiger partial charge in [0.25, 0.3) is 0 Å². The van der Waals surface area contributed by atoms with E-state index in [0.29, 0.717) is 23.1 Å². The van der Waals surface area contributed by atoms with E-state index in [4.69, 9.17) is 34.4 Å². The van der Waals surface area contributed by atoms with Gasteiger partial charge in [0.15, 0.2) is 11.9 Å². The molecule has 6 rings (SSSR count). The van der Waals surface area contributed by atoms with Gasteiger partial charge in [-0.15, -0.1) is 0 Å². The number of amides is 10. The summed E-state index contributed by atoms with van der Waals surface area (Å²) in [5.41, 5.74) is 35.7. The molecule has 0 aromatic heterocycles. The maximum absolute atomic E-state index is 15.1. The molecule has 0 saturated carbocycles. The van der Waals surface area contributed by atoms with E-state index in [2.05, 4.69) is 41.9 Å². The number of likely N-dealkylation sites (tertiary alicyclic amines) is 1. The number of primary amides is 2. The van der Waals surface area contributed by atoms with Crippen LogP contribution < -0.4 is 66.3 Å². The number of phenols is 1. The zero-order valence-corrected chi connectivity index (χ0v) is 49.7. The van der Waals surface area contributed by atoms with Gasteiger partial charge in [0.2, 0.25) is 59.1 Å². The second kappa shape index (κ2) is 32.1. The topological polar surface area (TPSA) is 450 Å². The SMILES string of the molecule is CC(=O)N1Cc2cc(O)ccc2C[C@H]1C(=O)N[C@@H](Cc1ccccc1)C(=O)N[C@@H](CC(C)C)C(=O)N[C@@H](Cc1ccc2ccccc2c1)C(=O)N[C@@H](CCCN=C(N)N)C(=O)N1CCC[C@H]1C(=O)N[C@@H](CCCN=C(N)N)C(=O)N[C@@H](CC(N)=O)C(N)=O. The van der Waals surface area contributed by atoms with Gasteiger partial charge in [-0.3, -0.25) is 57.9 Å². The molecule has 1 saturated heterocycles. The Balaban J connectivity index is 1.28. The summed E-state index contributed by atoms with van der Waals surface area (Å²) < 4.78 is 0. The number of rotatable bonds is 30. The molecule has 472 valence electrons. The first-order valence-corrected chi connectivity index (χ1v) is 29.3. The monoisotopic (exact) mass is 1210 g/mol. The van der Waals surface area contributed by atoms with Crippen LogP contribution in [0.15, 0.2) is 101 Å². The van der Waals surface area contributed by atoms with Gasteiger partial charge in [0, 0.05) is 52.4 Å². The van der Waals surface area contributed by atoms with E-state index in [0.717, 1.165) is 16.3 Å². The average Bonchev–Trinajstić information content (AvgIpc) is 1.56. The van der Waals surface area contributed by atoms with Crippen molar-refractivity contribution in [2.24, 2.45) is 50.3 Å². The minimum Gasteiger partial charge on any atom is -0.508 e. The quantitative estimate of drug-likeness (QED) is 0.0164. The molecular weight excluding hydrogens is 1130 g/mol. The van der Waals surface area contributed by atoms with Gasteiger partial charge < -0.3 is 81.2 Å². The summed E-state index contributed by atoms with van der Waals surface area (Å²) in [5, 5.41) is 28.4. The molecule has 0 radical (unpaired) electrons. The number of nitrogens with one attached hydrogen (secondary N) is 6. The molecule has 19 N–H and O–H groups in total. The summed E-state index contributed by atoms with van der Waals surface area (Å²) >= 11 is 0. The summed E-state index contributed by atoms with van der Waals surface area (Å²) in [6.07, 6.45) is 0.0831. The number of carbonyl (C=O) groups is 10. The summed E-state index contributed by atoms with van der Waals surface area (Å²) in [7, 11) is 0. The third kappa shape index (κ3) is 19.9. The first kappa shape index (κ1) is 67.3. The zero-order valence-electron chi connectivity index (χ0n) is 49.7. The van der Waals surface area contributed by atoms with Crippen molar-refractivity contribution in [3.8, 4) is 5.75 Å². The zero-order chi connectivity index (χ0) is 64.2. The Hall–Kier alpha value is -9.82. The predicted octanol–water partition coefficient (Wildman–Crippen LogP) is -1.28. The van der Waals surface area contributed by atoms with Crippen LogP contribution in [0.3, 0.4) is 0 Å². The van der Waals surface area contributed by atoms with Crippen LogP contribution in [-0.4, -0.2) is 154 Å². The lowest BCUT2D eigenvalue weighted by molar-refractivity contribution is -0.143. The van der Waals surface area contributed by atoms with E-state index in [-0.39, 0.29) is 108 Å². The molecule has 0 aliphatic carbocycles. The molecule has 8 atom stereocenters. The molecule has 0 unspecified atom stereocenters. The third-order valence-electron chi connectivity index (χ3n) is 15.2. The van der Waals surface area contributed by atoms with E-state index in [9.17, 15) is 48.3 Å². The fourth-order valence-corrected chi connectivity index (χ4v) is 10.8. The molecule has 2 aliphatic rings. The Labute approximate surface area is 510 Å². The van der Waals surface area contributed by atoms with Crippen LogP contribution >= 0.6 is 0 Å². The minimum absolute atomic E-state index is 0.00631. The minimum atomic E-state index is -1.51. The first-order valence-electron chi connectivity index (χ1n) is 29.3. The molecule has 0 spiro atoms. The fraction of sp³-hybridized carbons (Fsp3) is 0.443. The van der Waals surface area contributed by atoms with Crippen LogP contribution in [0.5, 0.6) is 5.75 Å². The number of aliphatic imine (C=N–C) groups is 2. The van der Waals surface area contributed by atoms with Crippen LogP contribution in [-0.2, 0) is 73.8 Å². The Morgan fingerprint density at radius 2 is 1.11 bits per heavy atom. The summed E-state index contributed by atoms with van der Waals surface area (Å²) in [5.74, 6) is -8.26. The Morgan fingerprint density at radius 1 is 0.568 bits per heavy atom. The van der Waals surface area contributed by atoms with Crippen LogP contribution in [0, 0.1) is 5.92 Å². The predicted molar refractivity (Wildman–Crippen MR) is 328 cm³/mol. The van der Waals surface area contributed by atoms with Crippen molar-refractivity contribution in [2.45, 2.75) is 146 Å². The molecule has 2 aliphatic heterocycles. The van der Waals surface area contributed by atoms with E-state index in [1.165, 1.54) is 28.9 Å². The molecule has 88 heavy (non-hydrogen) atoms. The molecule has 1 fully saturated rings. The van der Waals surface area contributed by atoms with Gasteiger partial charge in [-0.2, -0.15) is 0 Å². The lowest BCUT2D eigenvalue weighted by Crippen LogP contribution is -2.61. The Morgan fingerprint density at radius 3 is 1.74 bits per heavy atom. The fourth-order valence-electron chi connectivity index (χ4n) is 10.8. The molecule has 4 aromatic carbocycles. The summed E-state index contributed by atoms with van der Waals surface area (Å²) in [4.78, 5) is 150. The number of carbonyl (C=O) groups excluding carboxylic acids is 10. The van der Waals surface area contributed by atoms with Crippen molar-refractivity contribution in [2.75, 3.05) is 19.6 Å². The highest BCUT2D eigenvalue weighted by Crippen LogP contribution is 2.28. The van der Waals surface area contributed by atoms with Gasteiger partial charge in [-0.1, -0.05) is 92.7 Å². The van der Waals surface area contributed by atoms with Gasteiger partial charge in [0.05, 0.1) is 6.42 Å². The number of benzene rings is 4. The highest BCUT2D eigenvalue weighted by Gasteiger charge is 2.41. The lowest BCUT2D eigenvalue weighted by atomic mass is 9.92. The summed E-state index contributed by atoms with van der Waals surface area (Å²) in [6, 6.07) is 16.3. The molecule has 10 amide bonds. The van der Waals surface area contributed by atoms with Crippen molar-refractivity contribution < 1.29 is 53.1 Å². The number of fused-ring (bicyclic) bond motifs is 2. The molecule has 27 nitrogen and oxygen atoms in total. The largest absolute Gasteiger partial charge is 0.508 e. The second-order valence-corrected chi connectivity index (χ2v) is 22.6. The van der Waals surface area contributed by atoms with Crippen LogP contribution in [0.25, 0.3) is 10.8 Å². The van der Waals surface area contributed by atoms with Crippen LogP contribution in [0.2, 0.25) is 0 Å². The molecule has 2 heterocycles. The standard InChI is InChI=1S/C61H82N16O11/c1-34(2)26-46(73-56(85)47(28-36-12-5-4-6-13-36)75-58(87)50-31-40-21-22-42(79)30-41(40)33-77(50)35(3)78)54(83)74-48(29-37-19-20-38-14-7-8-15-39(38)27-37)55(84)71-44(17-10-24-69-61(66)67)59(88)76-25-11-18-49(76)57(86)70-43(16-9-23-68-60(64)65)53(82)72-45(52(63)81)32-51(62)80/h4-8,12-15,19-22,27,30,34,43-50,79H,9-11,16-18,23-26,28-29,31-33H2,1-3H3,(H2,62,80)(H2,63,81)(H,70,86)(H,71,84)(H,72,82)(H,73,85)(H,74,83)(H,75,87)(H4,64,65,68)(H4,66,67,69)/t43-,44-,45-,46-,47-,48-,49-,50-/m0/s1. The van der Waals surface area contributed by atoms with Crippen LogP contribution in [0.4, 0.5) is 0 Å².